The Balaban J connectivity index is 0.00000468. The van der Waals surface area contributed by atoms with Gasteiger partial charge in [-0.1, -0.05) is 30.3 Å². The van der Waals surface area contributed by atoms with E-state index < -0.39 is 16.1 Å². The number of sulfonamides is 1. The molecule has 49 heavy (non-hydrogen) atoms. The van der Waals surface area contributed by atoms with Gasteiger partial charge in [-0.25, -0.2) is 13.5 Å². The highest BCUT2D eigenvalue weighted by Gasteiger charge is 2.30. The number of hydrogen-bond acceptors (Lipinski definition) is 8. The lowest BCUT2D eigenvalue weighted by Crippen LogP contribution is -2.48. The van der Waals surface area contributed by atoms with E-state index >= 15 is 0 Å². The number of hydrogen-bond donors (Lipinski definition) is 4. The highest BCUT2D eigenvalue weighted by molar-refractivity contribution is 7.89. The summed E-state index contributed by atoms with van der Waals surface area (Å²) in [4.78, 5) is 27.6. The average Bonchev–Trinajstić information content (AvgIpc) is 3.85. The topological polar surface area (TPSA) is 176 Å². The van der Waals surface area contributed by atoms with E-state index in [1.165, 1.54) is 0 Å². The quantitative estimate of drug-likeness (QED) is 0.177. The van der Waals surface area contributed by atoms with E-state index in [2.05, 4.69) is 31.3 Å². The Hall–Kier alpha value is -4.17. The zero-order chi connectivity index (χ0) is 33.7. The molecule has 2 fully saturated rings. The summed E-state index contributed by atoms with van der Waals surface area (Å²) >= 11 is 0. The molecule has 0 bridgehead atoms. The van der Waals surface area contributed by atoms with Gasteiger partial charge in [0, 0.05) is 36.7 Å². The van der Waals surface area contributed by atoms with Crippen molar-refractivity contribution >= 4 is 39.9 Å². The summed E-state index contributed by atoms with van der Waals surface area (Å²) in [6.07, 6.45) is 5.25. The highest BCUT2D eigenvalue weighted by atomic mass is 35.5. The van der Waals surface area contributed by atoms with E-state index in [9.17, 15) is 18.0 Å². The maximum atomic E-state index is 13.8. The third-order valence-electron chi connectivity index (χ3n) is 9.54. The molecule has 1 aliphatic carbocycles. The van der Waals surface area contributed by atoms with Gasteiger partial charge in [0.25, 0.3) is 0 Å². The summed E-state index contributed by atoms with van der Waals surface area (Å²) in [5.74, 6) is 0.293. The van der Waals surface area contributed by atoms with Crippen LogP contribution in [-0.4, -0.2) is 70.8 Å². The Morgan fingerprint density at radius 3 is 2.39 bits per heavy atom. The Morgan fingerprint density at radius 2 is 1.71 bits per heavy atom. The van der Waals surface area contributed by atoms with E-state index in [0.29, 0.717) is 37.1 Å². The van der Waals surface area contributed by atoms with Crippen molar-refractivity contribution in [3.05, 3.63) is 77.9 Å². The van der Waals surface area contributed by atoms with Crippen molar-refractivity contribution < 1.29 is 18.0 Å². The van der Waals surface area contributed by atoms with Gasteiger partial charge in [-0.05, 0) is 127 Å². The van der Waals surface area contributed by atoms with Crippen LogP contribution in [0.3, 0.4) is 0 Å². The zero-order valence-electron chi connectivity index (χ0n) is 27.5. The van der Waals surface area contributed by atoms with E-state index in [-0.39, 0.29) is 41.5 Å². The number of nitrogens with two attached hydrogens (primary N) is 1. The normalized spacial score (nSPS) is 18.7. The summed E-state index contributed by atoms with van der Waals surface area (Å²) in [5.41, 5.74) is 10.6. The van der Waals surface area contributed by atoms with Crippen LogP contribution in [0, 0.1) is 18.8 Å². The van der Waals surface area contributed by atoms with Crippen LogP contribution in [0.4, 0.5) is 5.69 Å². The van der Waals surface area contributed by atoms with Crippen molar-refractivity contribution in [2.75, 3.05) is 25.0 Å². The molecule has 4 aromatic rings. The Kier molecular flexibility index (Phi) is 11.8. The van der Waals surface area contributed by atoms with Gasteiger partial charge in [0.1, 0.15) is 6.04 Å². The second-order valence-corrected chi connectivity index (χ2v) is 14.8. The largest absolute Gasteiger partial charge is 0.344 e. The summed E-state index contributed by atoms with van der Waals surface area (Å²) in [6, 6.07) is 19.2. The molecule has 6 rings (SSSR count). The molecule has 2 aliphatic rings. The monoisotopic (exact) mass is 706 g/mol. The molecule has 0 radical (unpaired) electrons. The minimum Gasteiger partial charge on any atom is -0.344 e. The molecule has 2 amide bonds. The number of aromatic amines is 1. The predicted octanol–water partition coefficient (Wildman–Crippen LogP) is 4.48. The number of amides is 2. The first-order valence-corrected chi connectivity index (χ1v) is 18.0. The fraction of sp³-hybridized carbons (Fsp3) is 0.400. The zero-order valence-corrected chi connectivity index (χ0v) is 29.1. The highest BCUT2D eigenvalue weighted by Crippen LogP contribution is 2.31. The fourth-order valence-corrected chi connectivity index (χ4v) is 8.18. The number of nitrogens with one attached hydrogen (secondary N) is 3. The molecule has 5 N–H and O–H groups in total. The number of aryl methyl sites for hydroxylation is 1. The molecule has 0 spiro atoms. The molecule has 3 aromatic carbocycles. The predicted molar refractivity (Wildman–Crippen MR) is 190 cm³/mol. The van der Waals surface area contributed by atoms with Crippen LogP contribution < -0.4 is 16.4 Å². The van der Waals surface area contributed by atoms with Crippen LogP contribution in [0.15, 0.2) is 71.6 Å². The number of anilines is 1. The molecule has 2 heterocycles. The molecular formula is C35H43ClN8O4S. The van der Waals surface area contributed by atoms with Crippen molar-refractivity contribution in [1.29, 1.82) is 0 Å². The van der Waals surface area contributed by atoms with E-state index in [1.54, 1.807) is 40.7 Å². The maximum absolute atomic E-state index is 13.8. The second-order valence-electron chi connectivity index (χ2n) is 12.8. The van der Waals surface area contributed by atoms with Crippen molar-refractivity contribution in [3.8, 4) is 22.5 Å². The van der Waals surface area contributed by atoms with Crippen LogP contribution >= 0.6 is 12.4 Å². The summed E-state index contributed by atoms with van der Waals surface area (Å²) in [6.45, 7) is 3.64. The molecule has 1 atom stereocenters. The molecule has 1 aromatic heterocycles. The maximum Gasteiger partial charge on any atom is 0.247 e. The van der Waals surface area contributed by atoms with E-state index in [4.69, 9.17) is 5.73 Å². The number of rotatable bonds is 11. The molecule has 1 saturated heterocycles. The first kappa shape index (κ1) is 36.1. The first-order valence-electron chi connectivity index (χ1n) is 16.6. The van der Waals surface area contributed by atoms with Gasteiger partial charge >= 0.3 is 0 Å². The smallest absolute Gasteiger partial charge is 0.247 e. The SMILES string of the molecule is Cc1ccc(S(=O)(=O)N2CCCC2)cc1-c1cccc(C[C@H](NC(=O)[C@H]2CC[C@H](CN)CC2)C(=O)Nc2ccc(-c3nnn[nH]3)cc2)c1.Cl. The van der Waals surface area contributed by atoms with Crippen molar-refractivity contribution in [1.82, 2.24) is 30.2 Å². The van der Waals surface area contributed by atoms with Crippen molar-refractivity contribution in [2.45, 2.75) is 62.8 Å². The molecule has 14 heteroatoms. The lowest BCUT2D eigenvalue weighted by molar-refractivity contribution is -0.130. The Morgan fingerprint density at radius 1 is 0.980 bits per heavy atom. The number of benzene rings is 3. The van der Waals surface area contributed by atoms with Gasteiger partial charge in [0.05, 0.1) is 4.90 Å². The number of aromatic nitrogens is 4. The number of nitrogens with zero attached hydrogens (tertiary/aromatic N) is 4. The van der Waals surface area contributed by atoms with E-state index in [0.717, 1.165) is 66.3 Å². The molecule has 12 nitrogen and oxygen atoms in total. The second kappa shape index (κ2) is 16.0. The lowest BCUT2D eigenvalue weighted by Gasteiger charge is -2.28. The first-order chi connectivity index (χ1) is 23.2. The van der Waals surface area contributed by atoms with Gasteiger partial charge < -0.3 is 16.4 Å². The lowest BCUT2D eigenvalue weighted by atomic mass is 9.81. The van der Waals surface area contributed by atoms with Gasteiger partial charge in [-0.3, -0.25) is 9.59 Å². The van der Waals surface area contributed by atoms with Crippen molar-refractivity contribution in [2.24, 2.45) is 17.6 Å². The molecular weight excluding hydrogens is 664 g/mol. The molecule has 0 unspecified atom stereocenters. The van der Waals surface area contributed by atoms with Gasteiger partial charge in [0.15, 0.2) is 5.82 Å². The van der Waals surface area contributed by atoms with Crippen LogP contribution in [0.5, 0.6) is 0 Å². The van der Waals surface area contributed by atoms with Gasteiger partial charge in [-0.15, -0.1) is 17.5 Å². The number of H-pyrrole nitrogens is 1. The van der Waals surface area contributed by atoms with Gasteiger partial charge in [-0.2, -0.15) is 4.31 Å². The third-order valence-corrected chi connectivity index (χ3v) is 11.4. The van der Waals surface area contributed by atoms with Crippen LogP contribution in [-0.2, 0) is 26.0 Å². The minimum atomic E-state index is -3.59. The van der Waals surface area contributed by atoms with Crippen molar-refractivity contribution in [3.63, 3.8) is 0 Å². The number of halogens is 1. The van der Waals surface area contributed by atoms with Crippen LogP contribution in [0.25, 0.3) is 22.5 Å². The third kappa shape index (κ3) is 8.53. The Labute approximate surface area is 293 Å². The number of tetrazole rings is 1. The minimum absolute atomic E-state index is 0. The number of carbonyl (C=O) groups is 2. The molecule has 1 aliphatic heterocycles. The summed E-state index contributed by atoms with van der Waals surface area (Å²) in [5, 5.41) is 19.9. The summed E-state index contributed by atoms with van der Waals surface area (Å²) in [7, 11) is -3.59. The van der Waals surface area contributed by atoms with E-state index in [1.807, 2.05) is 37.3 Å². The van der Waals surface area contributed by atoms with Crippen LogP contribution in [0.2, 0.25) is 0 Å². The molecule has 1 saturated carbocycles. The Bertz CT molecular complexity index is 1840. The summed E-state index contributed by atoms with van der Waals surface area (Å²) < 4.78 is 28.2. The fourth-order valence-electron chi connectivity index (χ4n) is 6.63. The van der Waals surface area contributed by atoms with Gasteiger partial charge in [0.2, 0.25) is 21.8 Å². The standard InChI is InChI=1S/C35H42N8O4S.ClH/c1-23-7-16-30(48(46,47)43-17-2-3-18-43)21-31(23)28-6-4-5-25(19-28)20-32(38-34(44)27-10-8-24(22-36)9-11-27)35(45)37-29-14-12-26(13-15-29)33-39-41-42-40-33;/h4-7,12-16,19,21,24,27,32H,2-3,8-11,17-18,20,22,36H2,1H3,(H,37,45)(H,38,44)(H,39,40,41,42);1H/t24-,27-,32-;/m0./s1. The average molecular weight is 707 g/mol. The van der Waals surface area contributed by atoms with Crippen LogP contribution in [0.1, 0.15) is 49.7 Å². The molecule has 260 valence electrons. The number of carbonyl (C=O) groups excluding carboxylic acids is 2.